The molecule has 2 amide bonds. The predicted molar refractivity (Wildman–Crippen MR) is 197 cm³/mol. The summed E-state index contributed by atoms with van der Waals surface area (Å²) in [5, 5.41) is 2.72. The van der Waals surface area contributed by atoms with Crippen molar-refractivity contribution in [2.75, 3.05) is 38.7 Å². The van der Waals surface area contributed by atoms with Crippen LogP contribution in [0.2, 0.25) is 18.1 Å². The lowest BCUT2D eigenvalue weighted by Gasteiger charge is -2.48. The molecule has 4 aromatic rings. The Morgan fingerprint density at radius 1 is 0.760 bits per heavy atom. The molecule has 1 heterocycles. The lowest BCUT2D eigenvalue weighted by atomic mass is 9.77. The van der Waals surface area contributed by atoms with Gasteiger partial charge < -0.3 is 33.0 Å². The number of benzene rings is 4. The first-order valence-electron chi connectivity index (χ1n) is 16.4. The average molecular weight is 699 g/mol. The van der Waals surface area contributed by atoms with Gasteiger partial charge >= 0.3 is 6.09 Å². The first-order chi connectivity index (χ1) is 23.8. The Labute approximate surface area is 295 Å². The summed E-state index contributed by atoms with van der Waals surface area (Å²) in [7, 11) is 3.99. The van der Waals surface area contributed by atoms with Crippen molar-refractivity contribution in [3.8, 4) is 28.7 Å². The molecule has 5 rings (SSSR count). The maximum Gasteiger partial charge on any atom is 0.411 e. The summed E-state index contributed by atoms with van der Waals surface area (Å²) in [6.45, 7) is 11.1. The smallest absolute Gasteiger partial charge is 0.411 e. The summed E-state index contributed by atoms with van der Waals surface area (Å²) in [4.78, 5) is 28.5. The Bertz CT molecular complexity index is 1800. The topological polar surface area (TPSA) is 105 Å². The Morgan fingerprint density at radius 2 is 1.36 bits per heavy atom. The fourth-order valence-corrected chi connectivity index (χ4v) is 6.70. The van der Waals surface area contributed by atoms with Crippen molar-refractivity contribution in [2.45, 2.75) is 57.5 Å². The number of rotatable bonds is 12. The van der Waals surface area contributed by atoms with Gasteiger partial charge in [0.15, 0.2) is 17.2 Å². The fraction of sp³-hybridized carbons (Fsp3) is 0.333. The number of carbonyl (C=O) groups is 2. The first kappa shape index (κ1) is 36.1. The molecule has 0 aromatic heterocycles. The monoisotopic (exact) mass is 698 g/mol. The molecule has 1 aliphatic rings. The van der Waals surface area contributed by atoms with Gasteiger partial charge in [0.05, 0.1) is 46.1 Å². The van der Waals surface area contributed by atoms with E-state index in [-0.39, 0.29) is 17.6 Å². The van der Waals surface area contributed by atoms with Gasteiger partial charge in [-0.15, -0.1) is 0 Å². The van der Waals surface area contributed by atoms with Crippen molar-refractivity contribution >= 4 is 31.7 Å². The standard InChI is InChI=1S/C39H46N2O8Si/c1-39(2,3)50(8,9)49-31-21-27(17-20-30(31)44-4)35-34(37(42)41(35)29-22-32(45-5)36(47-7)33(23-29)46-6)26-15-18-28(19-16-26)40-38(43)48-24-25-13-11-10-12-14-25/h10-23,34-35H,24H2,1-9H3,(H,40,43)/t34-,35-/m1/s1. The van der Waals surface area contributed by atoms with Gasteiger partial charge in [0, 0.05) is 17.8 Å². The molecule has 0 unspecified atom stereocenters. The van der Waals surface area contributed by atoms with E-state index in [1.807, 2.05) is 60.7 Å². The molecule has 0 spiro atoms. The van der Waals surface area contributed by atoms with Gasteiger partial charge in [-0.25, -0.2) is 4.79 Å². The van der Waals surface area contributed by atoms with E-state index in [9.17, 15) is 9.59 Å². The maximum atomic E-state index is 14.2. The molecule has 0 aliphatic carbocycles. The van der Waals surface area contributed by atoms with Gasteiger partial charge in [-0.05, 0) is 59.1 Å². The second kappa shape index (κ2) is 14.8. The molecule has 11 heteroatoms. The van der Waals surface area contributed by atoms with Crippen molar-refractivity contribution in [1.82, 2.24) is 0 Å². The van der Waals surface area contributed by atoms with E-state index in [0.29, 0.717) is 40.1 Å². The van der Waals surface area contributed by atoms with E-state index in [1.165, 1.54) is 7.11 Å². The van der Waals surface area contributed by atoms with Crippen LogP contribution in [-0.4, -0.2) is 48.8 Å². The van der Waals surface area contributed by atoms with Crippen molar-refractivity contribution in [1.29, 1.82) is 0 Å². The third-order valence-electron chi connectivity index (χ3n) is 9.45. The average Bonchev–Trinajstić information content (AvgIpc) is 3.09. The van der Waals surface area contributed by atoms with Crippen LogP contribution in [0.1, 0.15) is 49.4 Å². The van der Waals surface area contributed by atoms with Crippen LogP contribution in [0.4, 0.5) is 16.2 Å². The Balaban J connectivity index is 1.50. The fourth-order valence-electron chi connectivity index (χ4n) is 5.69. The molecule has 4 aromatic carbocycles. The molecule has 1 aliphatic heterocycles. The van der Waals surface area contributed by atoms with Gasteiger partial charge in [-0.1, -0.05) is 69.3 Å². The predicted octanol–water partition coefficient (Wildman–Crippen LogP) is 8.73. The number of carbonyl (C=O) groups excluding carboxylic acids is 2. The van der Waals surface area contributed by atoms with E-state index in [4.69, 9.17) is 28.1 Å². The van der Waals surface area contributed by atoms with Crippen LogP contribution in [0.3, 0.4) is 0 Å². The number of nitrogens with zero attached hydrogens (tertiary/aromatic N) is 1. The minimum Gasteiger partial charge on any atom is -0.541 e. The summed E-state index contributed by atoms with van der Waals surface area (Å²) in [5.41, 5.74) is 3.68. The first-order valence-corrected chi connectivity index (χ1v) is 19.3. The van der Waals surface area contributed by atoms with Crippen LogP contribution in [0, 0.1) is 0 Å². The van der Waals surface area contributed by atoms with Crippen molar-refractivity contribution in [3.05, 3.63) is 102 Å². The molecule has 2 atom stereocenters. The molecule has 0 bridgehead atoms. The Kier molecular flexibility index (Phi) is 10.7. The minimum atomic E-state index is -2.25. The quantitative estimate of drug-likeness (QED) is 0.116. The lowest BCUT2D eigenvalue weighted by Crippen LogP contribution is -2.53. The van der Waals surface area contributed by atoms with Crippen LogP contribution in [0.5, 0.6) is 28.7 Å². The van der Waals surface area contributed by atoms with E-state index >= 15 is 0 Å². The van der Waals surface area contributed by atoms with E-state index in [1.54, 1.807) is 50.5 Å². The van der Waals surface area contributed by atoms with Gasteiger partial charge in [0.25, 0.3) is 8.32 Å². The number of hydrogen-bond donors (Lipinski definition) is 1. The molecule has 264 valence electrons. The molecular weight excluding hydrogens is 653 g/mol. The van der Waals surface area contributed by atoms with Crippen LogP contribution >= 0.6 is 0 Å². The number of nitrogens with one attached hydrogen (secondary N) is 1. The third kappa shape index (κ3) is 7.37. The van der Waals surface area contributed by atoms with Gasteiger partial charge in [-0.2, -0.15) is 0 Å². The third-order valence-corrected chi connectivity index (χ3v) is 13.8. The number of amides is 2. The zero-order chi connectivity index (χ0) is 36.2. The number of β-lactam (4-membered cyclic amide) rings is 1. The largest absolute Gasteiger partial charge is 0.541 e. The van der Waals surface area contributed by atoms with E-state index < -0.39 is 26.4 Å². The van der Waals surface area contributed by atoms with Gasteiger partial charge in [-0.3, -0.25) is 10.1 Å². The number of ether oxygens (including phenoxy) is 5. The zero-order valence-corrected chi connectivity index (χ0v) is 31.2. The highest BCUT2D eigenvalue weighted by Crippen LogP contribution is 2.53. The molecule has 1 fully saturated rings. The number of anilines is 2. The molecule has 1 N–H and O–H groups in total. The highest BCUT2D eigenvalue weighted by Gasteiger charge is 2.50. The highest BCUT2D eigenvalue weighted by atomic mass is 28.4. The summed E-state index contributed by atoms with van der Waals surface area (Å²) in [6, 6.07) is 25.7. The normalized spacial score (nSPS) is 15.9. The van der Waals surface area contributed by atoms with Crippen molar-refractivity contribution in [2.24, 2.45) is 0 Å². The summed E-state index contributed by atoms with van der Waals surface area (Å²) in [5.74, 6) is 1.89. The second-order valence-corrected chi connectivity index (χ2v) is 18.3. The minimum absolute atomic E-state index is 0.0467. The number of hydrogen-bond acceptors (Lipinski definition) is 8. The van der Waals surface area contributed by atoms with Crippen LogP contribution < -0.4 is 33.6 Å². The van der Waals surface area contributed by atoms with Gasteiger partial charge in [0.1, 0.15) is 12.4 Å². The summed E-state index contributed by atoms with van der Waals surface area (Å²) in [6.07, 6.45) is -0.569. The van der Waals surface area contributed by atoms with Crippen molar-refractivity contribution in [3.63, 3.8) is 0 Å². The number of methoxy groups -OCH3 is 4. The molecule has 1 saturated heterocycles. The zero-order valence-electron chi connectivity index (χ0n) is 30.2. The Morgan fingerprint density at radius 3 is 1.92 bits per heavy atom. The Hall–Kier alpha value is -5.16. The summed E-state index contributed by atoms with van der Waals surface area (Å²) >= 11 is 0. The van der Waals surface area contributed by atoms with Crippen LogP contribution in [-0.2, 0) is 16.1 Å². The van der Waals surface area contributed by atoms with Crippen LogP contribution in [0.25, 0.3) is 0 Å². The molecular formula is C39H46N2O8Si. The molecule has 0 radical (unpaired) electrons. The van der Waals surface area contributed by atoms with E-state index in [0.717, 1.165) is 16.7 Å². The molecule has 10 nitrogen and oxygen atoms in total. The lowest BCUT2D eigenvalue weighted by molar-refractivity contribution is -0.126. The van der Waals surface area contributed by atoms with Gasteiger partial charge in [0.2, 0.25) is 11.7 Å². The molecule has 50 heavy (non-hydrogen) atoms. The van der Waals surface area contributed by atoms with Crippen molar-refractivity contribution < 1.29 is 37.7 Å². The second-order valence-electron chi connectivity index (χ2n) is 13.6. The molecule has 0 saturated carbocycles. The summed E-state index contributed by atoms with van der Waals surface area (Å²) < 4.78 is 34.7. The van der Waals surface area contributed by atoms with E-state index in [2.05, 4.69) is 39.2 Å². The highest BCUT2D eigenvalue weighted by molar-refractivity contribution is 6.74. The maximum absolute atomic E-state index is 14.2. The SMILES string of the molecule is COc1ccc([C@@H]2[C@@H](c3ccc(NC(=O)OCc4ccccc4)cc3)C(=O)N2c2cc(OC)c(OC)c(OC)c2)cc1O[Si](C)(C)C(C)(C)C. The van der Waals surface area contributed by atoms with Crippen LogP contribution in [0.15, 0.2) is 84.9 Å².